The molecule has 0 unspecified atom stereocenters. The van der Waals surface area contributed by atoms with E-state index in [4.69, 9.17) is 0 Å². The van der Waals surface area contributed by atoms with Crippen LogP contribution in [0.2, 0.25) is 0 Å². The molecule has 0 radical (unpaired) electrons. The summed E-state index contributed by atoms with van der Waals surface area (Å²) in [4.78, 5) is 26.3. The minimum absolute atomic E-state index is 0.161. The van der Waals surface area contributed by atoms with Gasteiger partial charge in [-0.25, -0.2) is 4.90 Å². The Morgan fingerprint density at radius 2 is 1.74 bits per heavy atom. The first-order valence-corrected chi connectivity index (χ1v) is 7.73. The van der Waals surface area contributed by atoms with Crippen LogP contribution in [0.4, 0.5) is 11.4 Å². The van der Waals surface area contributed by atoms with Crippen LogP contribution in [0.25, 0.3) is 0 Å². The number of nitrogens with zero attached hydrogens (tertiary/aromatic N) is 1. The Balaban J connectivity index is 1.85. The van der Waals surface area contributed by atoms with Crippen molar-refractivity contribution in [3.63, 3.8) is 0 Å². The molecule has 1 saturated heterocycles. The summed E-state index contributed by atoms with van der Waals surface area (Å²) in [7, 11) is 0. The molecule has 2 aromatic carbocycles. The number of carbonyl (C=O) groups is 2. The van der Waals surface area contributed by atoms with E-state index in [0.717, 1.165) is 16.8 Å². The van der Waals surface area contributed by atoms with Crippen LogP contribution < -0.4 is 10.2 Å². The van der Waals surface area contributed by atoms with E-state index in [2.05, 4.69) is 11.4 Å². The summed E-state index contributed by atoms with van der Waals surface area (Å²) in [5.74, 6) is -0.351. The molecule has 1 aliphatic rings. The minimum atomic E-state index is -0.511. The summed E-state index contributed by atoms with van der Waals surface area (Å²) in [6.45, 7) is 5.93. The zero-order valence-electron chi connectivity index (χ0n) is 13.6. The van der Waals surface area contributed by atoms with E-state index in [1.165, 1.54) is 10.5 Å². The average Bonchev–Trinajstić information content (AvgIpc) is 2.77. The first-order valence-electron chi connectivity index (χ1n) is 7.73. The van der Waals surface area contributed by atoms with Crippen LogP contribution in [-0.2, 0) is 9.59 Å². The highest BCUT2D eigenvalue weighted by molar-refractivity contribution is 6.23. The molecule has 1 N–H and O–H groups in total. The maximum Gasteiger partial charge on any atom is 0.256 e. The fraction of sp³-hybridized carbons (Fsp3) is 0.263. The van der Waals surface area contributed by atoms with Crippen LogP contribution in [0, 0.1) is 20.8 Å². The van der Waals surface area contributed by atoms with Gasteiger partial charge in [-0.1, -0.05) is 35.9 Å². The lowest BCUT2D eigenvalue weighted by molar-refractivity contribution is -0.121. The van der Waals surface area contributed by atoms with Gasteiger partial charge in [0.25, 0.3) is 5.91 Å². The predicted molar refractivity (Wildman–Crippen MR) is 91.6 cm³/mol. The Morgan fingerprint density at radius 1 is 1.00 bits per heavy atom. The molecule has 2 amide bonds. The summed E-state index contributed by atoms with van der Waals surface area (Å²) in [5, 5.41) is 3.22. The maximum atomic E-state index is 12.7. The largest absolute Gasteiger partial charge is 0.373 e. The summed E-state index contributed by atoms with van der Waals surface area (Å²) in [6.07, 6.45) is 0.181. The van der Waals surface area contributed by atoms with Gasteiger partial charge in [0, 0.05) is 5.69 Å². The second kappa shape index (κ2) is 5.88. The molecule has 4 heteroatoms. The number of benzene rings is 2. The third-order valence-electron chi connectivity index (χ3n) is 4.21. The van der Waals surface area contributed by atoms with Crippen LogP contribution >= 0.6 is 0 Å². The maximum absolute atomic E-state index is 12.7. The monoisotopic (exact) mass is 308 g/mol. The van der Waals surface area contributed by atoms with Crippen LogP contribution in [-0.4, -0.2) is 17.9 Å². The van der Waals surface area contributed by atoms with Gasteiger partial charge in [0.2, 0.25) is 5.91 Å². The van der Waals surface area contributed by atoms with Crippen LogP contribution in [0.15, 0.2) is 42.5 Å². The number of anilines is 2. The molecule has 23 heavy (non-hydrogen) atoms. The quantitative estimate of drug-likeness (QED) is 0.885. The Labute approximate surface area is 136 Å². The smallest absolute Gasteiger partial charge is 0.256 e. The third-order valence-corrected chi connectivity index (χ3v) is 4.21. The number of amides is 2. The number of rotatable bonds is 3. The molecular weight excluding hydrogens is 288 g/mol. The van der Waals surface area contributed by atoms with Crippen molar-refractivity contribution in [1.82, 2.24) is 0 Å². The topological polar surface area (TPSA) is 49.4 Å². The van der Waals surface area contributed by atoms with E-state index in [0.29, 0.717) is 5.69 Å². The number of aryl methyl sites for hydroxylation is 3. The molecule has 1 aliphatic heterocycles. The Morgan fingerprint density at radius 3 is 2.43 bits per heavy atom. The lowest BCUT2D eigenvalue weighted by Crippen LogP contribution is -2.35. The van der Waals surface area contributed by atoms with Gasteiger partial charge in [-0.3, -0.25) is 9.59 Å². The Kier molecular flexibility index (Phi) is 3.90. The van der Waals surface area contributed by atoms with Crippen molar-refractivity contribution in [3.05, 3.63) is 59.2 Å². The first-order chi connectivity index (χ1) is 11.0. The Hall–Kier alpha value is -2.62. The number of imide groups is 1. The predicted octanol–water partition coefficient (Wildman–Crippen LogP) is 3.36. The van der Waals surface area contributed by atoms with Gasteiger partial charge in [-0.15, -0.1) is 0 Å². The fourth-order valence-electron chi connectivity index (χ4n) is 2.98. The van der Waals surface area contributed by atoms with Crippen molar-refractivity contribution in [3.8, 4) is 0 Å². The fourth-order valence-corrected chi connectivity index (χ4v) is 2.98. The van der Waals surface area contributed by atoms with Crippen molar-refractivity contribution in [2.45, 2.75) is 33.2 Å². The van der Waals surface area contributed by atoms with E-state index < -0.39 is 6.04 Å². The van der Waals surface area contributed by atoms with E-state index in [1.54, 1.807) is 0 Å². The molecule has 0 spiro atoms. The summed E-state index contributed by atoms with van der Waals surface area (Å²) in [5.41, 5.74) is 4.73. The molecular formula is C19H20N2O2. The van der Waals surface area contributed by atoms with Gasteiger partial charge < -0.3 is 5.32 Å². The number of nitrogens with one attached hydrogen (secondary N) is 1. The van der Waals surface area contributed by atoms with Crippen molar-refractivity contribution >= 4 is 23.2 Å². The molecule has 0 aromatic heterocycles. The van der Waals surface area contributed by atoms with E-state index >= 15 is 0 Å². The van der Waals surface area contributed by atoms with Gasteiger partial charge in [0.15, 0.2) is 0 Å². The highest BCUT2D eigenvalue weighted by atomic mass is 16.2. The molecule has 1 fully saturated rings. The van der Waals surface area contributed by atoms with Crippen LogP contribution in [0.5, 0.6) is 0 Å². The molecule has 1 heterocycles. The number of hydrogen-bond donors (Lipinski definition) is 1. The minimum Gasteiger partial charge on any atom is -0.373 e. The van der Waals surface area contributed by atoms with Crippen molar-refractivity contribution in [1.29, 1.82) is 0 Å². The molecule has 1 atom stereocenters. The standard InChI is InChI=1S/C19H20N2O2/c1-12-8-9-15(14(3)10-12)20-16-11-18(22)21(19(16)23)17-7-5-4-6-13(17)2/h4-10,16,20H,11H2,1-3H3/t16-/m0/s1. The van der Waals surface area contributed by atoms with Gasteiger partial charge in [-0.2, -0.15) is 0 Å². The Bertz CT molecular complexity index is 783. The van der Waals surface area contributed by atoms with E-state index in [-0.39, 0.29) is 18.2 Å². The normalized spacial score (nSPS) is 17.7. The van der Waals surface area contributed by atoms with E-state index in [9.17, 15) is 9.59 Å². The zero-order chi connectivity index (χ0) is 16.6. The van der Waals surface area contributed by atoms with Crippen LogP contribution in [0.1, 0.15) is 23.1 Å². The molecule has 2 aromatic rings. The second-order valence-corrected chi connectivity index (χ2v) is 6.07. The molecule has 4 nitrogen and oxygen atoms in total. The van der Waals surface area contributed by atoms with Gasteiger partial charge >= 0.3 is 0 Å². The van der Waals surface area contributed by atoms with Crippen LogP contribution in [0.3, 0.4) is 0 Å². The molecule has 0 bridgehead atoms. The highest BCUT2D eigenvalue weighted by Gasteiger charge is 2.40. The number of para-hydroxylation sites is 1. The lowest BCUT2D eigenvalue weighted by Gasteiger charge is -2.18. The summed E-state index contributed by atoms with van der Waals surface area (Å²) in [6, 6.07) is 13.0. The van der Waals surface area contributed by atoms with Gasteiger partial charge in [-0.05, 0) is 44.0 Å². The molecule has 3 rings (SSSR count). The van der Waals surface area contributed by atoms with Crippen molar-refractivity contribution in [2.75, 3.05) is 10.2 Å². The summed E-state index contributed by atoms with van der Waals surface area (Å²) >= 11 is 0. The van der Waals surface area contributed by atoms with Gasteiger partial charge in [0.1, 0.15) is 6.04 Å². The third kappa shape index (κ3) is 2.84. The lowest BCUT2D eigenvalue weighted by atomic mass is 10.1. The van der Waals surface area contributed by atoms with E-state index in [1.807, 2.05) is 57.2 Å². The van der Waals surface area contributed by atoms with Crippen molar-refractivity contribution < 1.29 is 9.59 Å². The first kappa shape index (κ1) is 15.3. The van der Waals surface area contributed by atoms with Crippen molar-refractivity contribution in [2.24, 2.45) is 0 Å². The summed E-state index contributed by atoms with van der Waals surface area (Å²) < 4.78 is 0. The number of hydrogen-bond acceptors (Lipinski definition) is 3. The molecule has 0 aliphatic carbocycles. The number of carbonyl (C=O) groups excluding carboxylic acids is 2. The van der Waals surface area contributed by atoms with Gasteiger partial charge in [0.05, 0.1) is 12.1 Å². The second-order valence-electron chi connectivity index (χ2n) is 6.07. The zero-order valence-corrected chi connectivity index (χ0v) is 13.6. The molecule has 0 saturated carbocycles. The average molecular weight is 308 g/mol. The highest BCUT2D eigenvalue weighted by Crippen LogP contribution is 2.28. The molecule has 118 valence electrons. The SMILES string of the molecule is Cc1ccc(N[C@H]2CC(=O)N(c3ccccc3C)C2=O)c(C)c1.